The van der Waals surface area contributed by atoms with Gasteiger partial charge in [0.1, 0.15) is 28.6 Å². The molecule has 0 aromatic heterocycles. The second-order valence-corrected chi connectivity index (χ2v) is 8.93. The monoisotopic (exact) mass is 565 g/mol. The van der Waals surface area contributed by atoms with E-state index in [2.05, 4.69) is 29.8 Å². The molecule has 14 heteroatoms. The Labute approximate surface area is 231 Å². The minimum atomic E-state index is -1.22. The molecule has 5 N–H and O–H groups in total. The molecular weight excluding hydrogens is 542 g/mol. The van der Waals surface area contributed by atoms with Gasteiger partial charge in [-0.25, -0.2) is 10.1 Å². The number of benzene rings is 4. The number of aryl methyl sites for hydroxylation is 1. The second kappa shape index (κ2) is 12.9. The number of hydrogen-bond donors (Lipinski definition) is 4. The predicted molar refractivity (Wildman–Crippen MR) is 146 cm³/mol. The quantitative estimate of drug-likeness (QED) is 0.0476. The Kier molecular flexibility index (Phi) is 9.08. The summed E-state index contributed by atoms with van der Waals surface area (Å²) in [6.45, 7) is 1.28. The highest BCUT2D eigenvalue weighted by Crippen LogP contribution is 2.46. The van der Waals surface area contributed by atoms with Crippen molar-refractivity contribution in [1.82, 2.24) is 0 Å². The Morgan fingerprint density at radius 3 is 2.35 bits per heavy atom. The van der Waals surface area contributed by atoms with Gasteiger partial charge >= 0.3 is 5.97 Å². The molecule has 0 radical (unpaired) electrons. The van der Waals surface area contributed by atoms with Crippen molar-refractivity contribution in [3.8, 4) is 17.2 Å². The number of fused-ring (bicyclic) bond motifs is 1. The number of azo groups is 2. The fourth-order valence-electron chi connectivity index (χ4n) is 3.51. The van der Waals surface area contributed by atoms with Crippen molar-refractivity contribution in [2.75, 3.05) is 19.5 Å². The van der Waals surface area contributed by atoms with Crippen LogP contribution in [0.2, 0.25) is 0 Å². The van der Waals surface area contributed by atoms with Crippen LogP contribution in [0.25, 0.3) is 10.8 Å². The number of nitrogen functional groups attached to an aromatic ring is 1. The number of aromatic hydroxyl groups is 1. The number of methoxy groups -OCH3 is 1. The number of carboxylic acids is 1. The zero-order chi connectivity index (χ0) is 28.6. The average Bonchev–Trinajstić information content (AvgIpc) is 2.94. The van der Waals surface area contributed by atoms with Crippen molar-refractivity contribution in [2.24, 2.45) is 20.5 Å². The van der Waals surface area contributed by atoms with Gasteiger partial charge in [0.05, 0.1) is 29.7 Å². The number of nitrogens with zero attached hydrogens (tertiary/aromatic N) is 4. The molecule has 0 aliphatic rings. The summed E-state index contributed by atoms with van der Waals surface area (Å²) in [5, 5.41) is 50.2. The van der Waals surface area contributed by atoms with Crippen LogP contribution >= 0.6 is 12.0 Å². The number of anilines is 1. The Hall–Kier alpha value is -4.76. The molecule has 0 aliphatic carbocycles. The molecule has 0 heterocycles. The number of rotatable bonds is 11. The van der Waals surface area contributed by atoms with Crippen molar-refractivity contribution in [3.63, 3.8) is 0 Å². The maximum absolute atomic E-state index is 11.2. The zero-order valence-corrected chi connectivity index (χ0v) is 22.0. The van der Waals surface area contributed by atoms with Crippen LogP contribution in [0.5, 0.6) is 17.2 Å². The largest absolute Gasteiger partial charge is 0.505 e. The van der Waals surface area contributed by atoms with Crippen molar-refractivity contribution >= 4 is 57.2 Å². The molecule has 0 amide bonds. The van der Waals surface area contributed by atoms with Gasteiger partial charge in [-0.3, -0.25) is 0 Å². The Morgan fingerprint density at radius 1 is 0.950 bits per heavy atom. The van der Waals surface area contributed by atoms with Crippen molar-refractivity contribution in [3.05, 3.63) is 66.2 Å². The lowest BCUT2D eigenvalue weighted by atomic mass is 10.1. The minimum Gasteiger partial charge on any atom is -0.505 e. The van der Waals surface area contributed by atoms with Crippen LogP contribution < -0.4 is 15.2 Å². The lowest BCUT2D eigenvalue weighted by Gasteiger charge is -2.12. The molecule has 0 unspecified atom stereocenters. The average molecular weight is 566 g/mol. The summed E-state index contributed by atoms with van der Waals surface area (Å²) in [7, 11) is 1.42. The first-order valence-electron chi connectivity index (χ1n) is 11.5. The molecule has 4 aromatic rings. The van der Waals surface area contributed by atoms with Gasteiger partial charge in [0, 0.05) is 23.2 Å². The number of phenols is 1. The van der Waals surface area contributed by atoms with E-state index in [-0.39, 0.29) is 39.2 Å². The Bertz CT molecular complexity index is 1600. The molecule has 206 valence electrons. The number of ether oxygens (including phenoxy) is 2. The Balaban J connectivity index is 1.79. The standard InChI is InChI=1S/C26H23N5O8S/c1-14-3-7-17(8-4-14)28-29-19-12-22(37-13-24(32)33)20(11-21(19)36-2)30-31-25-23(40-39-38-35)9-15-5-6-16(27)10-18(15)26(25)34/h3-12,34-35H,13,27H2,1-2H3,(H,32,33). The van der Waals surface area contributed by atoms with Crippen molar-refractivity contribution in [1.29, 1.82) is 0 Å². The first kappa shape index (κ1) is 28.3. The van der Waals surface area contributed by atoms with E-state index >= 15 is 0 Å². The van der Waals surface area contributed by atoms with Gasteiger partial charge in [-0.05, 0) is 42.6 Å². The highest BCUT2D eigenvalue weighted by Gasteiger charge is 2.17. The van der Waals surface area contributed by atoms with Crippen LogP contribution in [0.1, 0.15) is 5.56 Å². The van der Waals surface area contributed by atoms with Gasteiger partial charge in [0.2, 0.25) is 0 Å². The van der Waals surface area contributed by atoms with Gasteiger partial charge in [-0.15, -0.1) is 19.7 Å². The molecule has 13 nitrogen and oxygen atoms in total. The maximum Gasteiger partial charge on any atom is 0.341 e. The molecular formula is C26H23N5O8S. The van der Waals surface area contributed by atoms with E-state index in [1.54, 1.807) is 36.4 Å². The summed E-state index contributed by atoms with van der Waals surface area (Å²) in [4.78, 5) is 11.4. The van der Waals surface area contributed by atoms with E-state index in [9.17, 15) is 9.90 Å². The highest BCUT2D eigenvalue weighted by molar-refractivity contribution is 7.94. The SMILES string of the molecule is COc1cc(N=Nc2c(SOOO)cc3ccc(N)cc3c2O)c(OCC(=O)O)cc1N=Nc1ccc(C)cc1. The number of aliphatic carboxylic acids is 1. The van der Waals surface area contributed by atoms with E-state index in [1.807, 2.05) is 19.1 Å². The molecule has 0 saturated heterocycles. The van der Waals surface area contributed by atoms with Crippen LogP contribution in [0.3, 0.4) is 0 Å². The molecule has 0 fully saturated rings. The lowest BCUT2D eigenvalue weighted by Crippen LogP contribution is -2.09. The van der Waals surface area contributed by atoms with E-state index < -0.39 is 12.6 Å². The molecule has 0 aliphatic heterocycles. The molecule has 40 heavy (non-hydrogen) atoms. The third kappa shape index (κ3) is 6.81. The second-order valence-electron chi connectivity index (χ2n) is 8.19. The summed E-state index contributed by atoms with van der Waals surface area (Å²) in [5.41, 5.74) is 8.20. The summed E-state index contributed by atoms with van der Waals surface area (Å²) in [6.07, 6.45) is 0. The minimum absolute atomic E-state index is 0.0125. The van der Waals surface area contributed by atoms with Gasteiger partial charge in [0.25, 0.3) is 0 Å². The summed E-state index contributed by atoms with van der Waals surface area (Å²) >= 11 is 0.571. The molecule has 4 aromatic carbocycles. The summed E-state index contributed by atoms with van der Waals surface area (Å²) in [6, 6.07) is 16.7. The molecule has 4 rings (SSSR count). The number of carbonyl (C=O) groups is 1. The van der Waals surface area contributed by atoms with Crippen LogP contribution in [-0.4, -0.2) is 35.2 Å². The van der Waals surface area contributed by atoms with Crippen molar-refractivity contribution in [2.45, 2.75) is 11.8 Å². The zero-order valence-electron chi connectivity index (χ0n) is 21.1. The third-order valence-corrected chi connectivity index (χ3v) is 6.03. The van der Waals surface area contributed by atoms with E-state index in [1.165, 1.54) is 19.2 Å². The van der Waals surface area contributed by atoms with Gasteiger partial charge < -0.3 is 25.4 Å². The normalized spacial score (nSPS) is 11.5. The van der Waals surface area contributed by atoms with E-state index in [4.69, 9.17) is 25.6 Å². The number of nitrogens with two attached hydrogens (primary N) is 1. The maximum atomic E-state index is 11.2. The predicted octanol–water partition coefficient (Wildman–Crippen LogP) is 7.17. The molecule has 0 bridgehead atoms. The third-order valence-electron chi connectivity index (χ3n) is 5.41. The van der Waals surface area contributed by atoms with Gasteiger partial charge in [-0.1, -0.05) is 28.8 Å². The smallest absolute Gasteiger partial charge is 0.341 e. The number of carboxylic acid groups (broad SMARTS) is 1. The summed E-state index contributed by atoms with van der Waals surface area (Å²) < 4.78 is 15.4. The number of phenolic OH excluding ortho intramolecular Hbond substituents is 1. The first-order chi connectivity index (χ1) is 19.3. The van der Waals surface area contributed by atoms with Gasteiger partial charge in [-0.2, -0.15) is 5.11 Å². The van der Waals surface area contributed by atoms with Crippen molar-refractivity contribution < 1.29 is 39.1 Å². The fraction of sp³-hybridized carbons (Fsp3) is 0.115. The van der Waals surface area contributed by atoms with Crippen LogP contribution in [-0.2, 0) is 14.2 Å². The van der Waals surface area contributed by atoms with Crippen LogP contribution in [0.15, 0.2) is 86.0 Å². The van der Waals surface area contributed by atoms with Crippen LogP contribution in [0.4, 0.5) is 28.4 Å². The lowest BCUT2D eigenvalue weighted by molar-refractivity contribution is -0.432. The topological polar surface area (TPSA) is 190 Å². The fourth-order valence-corrected chi connectivity index (χ4v) is 4.01. The van der Waals surface area contributed by atoms with E-state index in [0.29, 0.717) is 34.2 Å². The van der Waals surface area contributed by atoms with Gasteiger partial charge in [0.15, 0.2) is 12.4 Å². The number of hydrogen-bond acceptors (Lipinski definition) is 13. The highest BCUT2D eigenvalue weighted by atomic mass is 32.2. The van der Waals surface area contributed by atoms with E-state index in [0.717, 1.165) is 5.56 Å². The Morgan fingerprint density at radius 2 is 1.65 bits per heavy atom. The van der Waals surface area contributed by atoms with Crippen LogP contribution in [0, 0.1) is 6.92 Å². The molecule has 0 atom stereocenters. The first-order valence-corrected chi connectivity index (χ1v) is 12.2. The summed E-state index contributed by atoms with van der Waals surface area (Å²) in [5.74, 6) is -1.24. The molecule has 0 spiro atoms. The molecule has 0 saturated carbocycles.